The Morgan fingerprint density at radius 1 is 1.35 bits per heavy atom. The first kappa shape index (κ1) is 15.1. The fourth-order valence-electron chi connectivity index (χ4n) is 2.54. The lowest BCUT2D eigenvalue weighted by atomic mass is 10.1. The lowest BCUT2D eigenvalue weighted by molar-refractivity contribution is -0.118. The Morgan fingerprint density at radius 2 is 2.15 bits per heavy atom. The maximum atomic E-state index is 12.4. The van der Waals surface area contributed by atoms with Gasteiger partial charge >= 0.3 is 0 Å². The molecule has 1 aliphatic heterocycles. The molecule has 1 fully saturated rings. The summed E-state index contributed by atoms with van der Waals surface area (Å²) >= 11 is 6.21. The zero-order valence-corrected chi connectivity index (χ0v) is 12.8. The molecule has 1 atom stereocenters. The molecule has 1 heterocycles. The molecule has 1 saturated heterocycles. The van der Waals surface area contributed by atoms with Crippen molar-refractivity contribution in [3.8, 4) is 0 Å². The van der Waals surface area contributed by atoms with Crippen LogP contribution < -0.4 is 15.5 Å². The minimum absolute atomic E-state index is 0.0252. The Morgan fingerprint density at radius 3 is 2.90 bits per heavy atom. The molecule has 0 aliphatic carbocycles. The molecule has 0 radical (unpaired) electrons. The number of hydrogen-bond acceptors (Lipinski definition) is 3. The fraction of sp³-hybridized carbons (Fsp3) is 0.533. The Bertz CT molecular complexity index is 468. The second-order valence-electron chi connectivity index (χ2n) is 5.38. The summed E-state index contributed by atoms with van der Waals surface area (Å²) in [5.41, 5.74) is 1.61. The summed E-state index contributed by atoms with van der Waals surface area (Å²) in [5, 5.41) is 6.95. The third kappa shape index (κ3) is 3.64. The van der Waals surface area contributed by atoms with E-state index in [0.29, 0.717) is 5.02 Å². The molecule has 0 bridgehead atoms. The molecule has 1 unspecified atom stereocenters. The predicted molar refractivity (Wildman–Crippen MR) is 84.7 cm³/mol. The molecule has 110 valence electrons. The Hall–Kier alpha value is -1.26. The quantitative estimate of drug-likeness (QED) is 0.901. The van der Waals surface area contributed by atoms with E-state index in [4.69, 9.17) is 11.6 Å². The highest BCUT2D eigenvalue weighted by Gasteiger charge is 2.21. The SMILES string of the molecule is CN(C)c1c(Cl)cccc1NC(=O)C1CCCCCN1. The van der Waals surface area contributed by atoms with Crippen molar-refractivity contribution < 1.29 is 4.79 Å². The van der Waals surface area contributed by atoms with Crippen LogP contribution in [0.25, 0.3) is 0 Å². The summed E-state index contributed by atoms with van der Waals surface area (Å²) in [6, 6.07) is 5.46. The largest absolute Gasteiger partial charge is 0.375 e. The van der Waals surface area contributed by atoms with Gasteiger partial charge in [-0.2, -0.15) is 0 Å². The number of nitrogens with zero attached hydrogens (tertiary/aromatic N) is 1. The van der Waals surface area contributed by atoms with Gasteiger partial charge in [-0.25, -0.2) is 0 Å². The van der Waals surface area contributed by atoms with E-state index in [1.165, 1.54) is 6.42 Å². The topological polar surface area (TPSA) is 44.4 Å². The summed E-state index contributed by atoms with van der Waals surface area (Å²) in [6.07, 6.45) is 4.33. The highest BCUT2D eigenvalue weighted by Crippen LogP contribution is 2.32. The lowest BCUT2D eigenvalue weighted by Gasteiger charge is -2.21. The van der Waals surface area contributed by atoms with Gasteiger partial charge in [-0.1, -0.05) is 30.5 Å². The Balaban J connectivity index is 2.13. The maximum absolute atomic E-state index is 12.4. The highest BCUT2D eigenvalue weighted by molar-refractivity contribution is 6.34. The smallest absolute Gasteiger partial charge is 0.241 e. The summed E-state index contributed by atoms with van der Waals surface area (Å²) in [6.45, 7) is 0.911. The van der Waals surface area contributed by atoms with Crippen molar-refractivity contribution in [2.75, 3.05) is 30.9 Å². The van der Waals surface area contributed by atoms with Gasteiger partial charge in [0.05, 0.1) is 22.4 Å². The van der Waals surface area contributed by atoms with Gasteiger partial charge in [0.2, 0.25) is 5.91 Å². The molecule has 1 aliphatic rings. The van der Waals surface area contributed by atoms with Crippen LogP contribution in [0.1, 0.15) is 25.7 Å². The molecule has 1 aromatic carbocycles. The van der Waals surface area contributed by atoms with E-state index >= 15 is 0 Å². The number of para-hydroxylation sites is 1. The van der Waals surface area contributed by atoms with Gasteiger partial charge in [0, 0.05) is 14.1 Å². The molecule has 2 N–H and O–H groups in total. The molecule has 2 rings (SSSR count). The van der Waals surface area contributed by atoms with Gasteiger partial charge in [-0.15, -0.1) is 0 Å². The highest BCUT2D eigenvalue weighted by atomic mass is 35.5. The summed E-state index contributed by atoms with van der Waals surface area (Å²) in [7, 11) is 3.83. The van der Waals surface area contributed by atoms with E-state index in [-0.39, 0.29) is 11.9 Å². The monoisotopic (exact) mass is 295 g/mol. The minimum Gasteiger partial charge on any atom is -0.375 e. The molecule has 0 spiro atoms. The molecular formula is C15H22ClN3O. The van der Waals surface area contributed by atoms with E-state index in [0.717, 1.165) is 37.2 Å². The molecule has 1 amide bonds. The van der Waals surface area contributed by atoms with Crippen molar-refractivity contribution in [2.24, 2.45) is 0 Å². The first-order valence-corrected chi connectivity index (χ1v) is 7.47. The van der Waals surface area contributed by atoms with E-state index < -0.39 is 0 Å². The molecule has 1 aromatic rings. The van der Waals surface area contributed by atoms with Crippen LogP contribution in [-0.4, -0.2) is 32.6 Å². The van der Waals surface area contributed by atoms with Crippen molar-refractivity contribution in [2.45, 2.75) is 31.7 Å². The second kappa shape index (κ2) is 6.95. The summed E-state index contributed by atoms with van der Waals surface area (Å²) in [5.74, 6) is 0.0252. The molecule has 20 heavy (non-hydrogen) atoms. The van der Waals surface area contributed by atoms with Crippen LogP contribution in [0.3, 0.4) is 0 Å². The number of carbonyl (C=O) groups excluding carboxylic acids is 1. The summed E-state index contributed by atoms with van der Waals surface area (Å²) < 4.78 is 0. The average Bonchev–Trinajstić information content (AvgIpc) is 2.67. The van der Waals surface area contributed by atoms with Crippen molar-refractivity contribution in [3.05, 3.63) is 23.2 Å². The van der Waals surface area contributed by atoms with Gasteiger partial charge in [0.1, 0.15) is 0 Å². The number of amides is 1. The van der Waals surface area contributed by atoms with Gasteiger partial charge < -0.3 is 15.5 Å². The zero-order valence-electron chi connectivity index (χ0n) is 12.1. The molecular weight excluding hydrogens is 274 g/mol. The first-order valence-electron chi connectivity index (χ1n) is 7.09. The molecule has 0 saturated carbocycles. The Kier molecular flexibility index (Phi) is 5.26. The van der Waals surface area contributed by atoms with Crippen molar-refractivity contribution in [3.63, 3.8) is 0 Å². The first-order chi connectivity index (χ1) is 9.59. The minimum atomic E-state index is -0.105. The van der Waals surface area contributed by atoms with Crippen LogP contribution in [-0.2, 0) is 4.79 Å². The number of rotatable bonds is 3. The molecule has 0 aromatic heterocycles. The van der Waals surface area contributed by atoms with Crippen LogP contribution in [0.5, 0.6) is 0 Å². The number of carbonyl (C=O) groups is 1. The number of nitrogens with one attached hydrogen (secondary N) is 2. The van der Waals surface area contributed by atoms with E-state index in [1.54, 1.807) is 0 Å². The number of benzene rings is 1. The average molecular weight is 296 g/mol. The second-order valence-corrected chi connectivity index (χ2v) is 5.78. The van der Waals surface area contributed by atoms with Crippen LogP contribution in [0.15, 0.2) is 18.2 Å². The molecule has 5 heteroatoms. The number of anilines is 2. The summed E-state index contributed by atoms with van der Waals surface area (Å²) in [4.78, 5) is 14.3. The number of hydrogen-bond donors (Lipinski definition) is 2. The van der Waals surface area contributed by atoms with Crippen LogP contribution in [0.2, 0.25) is 5.02 Å². The van der Waals surface area contributed by atoms with Gasteiger partial charge in [-0.05, 0) is 31.5 Å². The van der Waals surface area contributed by atoms with Gasteiger partial charge in [-0.3, -0.25) is 4.79 Å². The lowest BCUT2D eigenvalue weighted by Crippen LogP contribution is -2.40. The van der Waals surface area contributed by atoms with Crippen molar-refractivity contribution in [1.29, 1.82) is 0 Å². The van der Waals surface area contributed by atoms with E-state index in [2.05, 4.69) is 10.6 Å². The van der Waals surface area contributed by atoms with E-state index in [9.17, 15) is 4.79 Å². The normalized spacial score (nSPS) is 19.2. The third-order valence-electron chi connectivity index (χ3n) is 3.57. The standard InChI is InChI=1S/C15H22ClN3O/c1-19(2)14-11(16)7-6-9-12(14)18-15(20)13-8-4-3-5-10-17-13/h6-7,9,13,17H,3-5,8,10H2,1-2H3,(H,18,20). The van der Waals surface area contributed by atoms with Crippen molar-refractivity contribution in [1.82, 2.24) is 5.32 Å². The predicted octanol–water partition coefficient (Wildman–Crippen LogP) is 2.88. The zero-order chi connectivity index (χ0) is 14.5. The maximum Gasteiger partial charge on any atom is 0.241 e. The van der Waals surface area contributed by atoms with Crippen molar-refractivity contribution >= 4 is 28.9 Å². The Labute approximate surface area is 125 Å². The fourth-order valence-corrected chi connectivity index (χ4v) is 2.89. The van der Waals surface area contributed by atoms with E-state index in [1.807, 2.05) is 37.2 Å². The van der Waals surface area contributed by atoms with Crippen LogP contribution >= 0.6 is 11.6 Å². The van der Waals surface area contributed by atoms with Gasteiger partial charge in [0.25, 0.3) is 0 Å². The molecule has 4 nitrogen and oxygen atoms in total. The third-order valence-corrected chi connectivity index (χ3v) is 3.87. The van der Waals surface area contributed by atoms with Gasteiger partial charge in [0.15, 0.2) is 0 Å². The van der Waals surface area contributed by atoms with Crippen LogP contribution in [0, 0.1) is 0 Å². The number of halogens is 1. The van der Waals surface area contributed by atoms with Crippen LogP contribution in [0.4, 0.5) is 11.4 Å².